The molecule has 0 radical (unpaired) electrons. The summed E-state index contributed by atoms with van der Waals surface area (Å²) in [6, 6.07) is -1.49. The number of ether oxygens (including phenoxy) is 2. The Labute approximate surface area is 235 Å². The molecular weight excluding hydrogens is 552 g/mol. The van der Waals surface area contributed by atoms with E-state index in [0.717, 1.165) is 25.7 Å². The van der Waals surface area contributed by atoms with E-state index in [2.05, 4.69) is 36.0 Å². The van der Waals surface area contributed by atoms with Crippen LogP contribution in [0.4, 0.5) is 0 Å². The van der Waals surface area contributed by atoms with Crippen LogP contribution in [0.25, 0.3) is 0 Å². The Hall–Kier alpha value is -1.71. The standard InChI is InChI=1S/C29H45BrN2O6/c1-6-9-11-14-31(13-8-3)27(35)25-29-17-21(30)24(38-29)22(28(36)37-15-12-10-7-2)23(29)26(34)32(25)20(18-33)16-19(4)5/h7-8,19-25,33H,2-3,6,9-18H2,1,4-5H3/t20-,21?,22-,23+,24-,25?,29?/m1/s1. The minimum Gasteiger partial charge on any atom is -0.465 e. The molecule has 0 aliphatic carbocycles. The molecule has 3 unspecified atom stereocenters. The molecule has 1 N–H and O–H groups in total. The van der Waals surface area contributed by atoms with Crippen molar-refractivity contribution in [2.75, 3.05) is 26.3 Å². The molecule has 38 heavy (non-hydrogen) atoms. The first-order chi connectivity index (χ1) is 18.2. The number of hydrogen-bond donors (Lipinski definition) is 1. The number of esters is 1. The Bertz CT molecular complexity index is 881. The fourth-order valence-electron chi connectivity index (χ4n) is 6.50. The molecule has 0 aromatic carbocycles. The van der Waals surface area contributed by atoms with Gasteiger partial charge in [-0.1, -0.05) is 61.7 Å². The van der Waals surface area contributed by atoms with Crippen LogP contribution in [0.5, 0.6) is 0 Å². The monoisotopic (exact) mass is 596 g/mol. The van der Waals surface area contributed by atoms with Crippen molar-refractivity contribution in [3.63, 3.8) is 0 Å². The van der Waals surface area contributed by atoms with E-state index in [0.29, 0.717) is 32.4 Å². The molecule has 3 aliphatic rings. The highest BCUT2D eigenvalue weighted by atomic mass is 79.9. The number of nitrogens with zero attached hydrogens (tertiary/aromatic N) is 2. The number of fused-ring (bicyclic) bond motifs is 1. The van der Waals surface area contributed by atoms with Gasteiger partial charge in [0.25, 0.3) is 0 Å². The summed E-state index contributed by atoms with van der Waals surface area (Å²) in [7, 11) is 0. The number of halogens is 1. The molecule has 3 fully saturated rings. The number of carbonyl (C=O) groups is 3. The van der Waals surface area contributed by atoms with Crippen LogP contribution in [0.15, 0.2) is 25.3 Å². The molecule has 3 saturated heterocycles. The van der Waals surface area contributed by atoms with E-state index >= 15 is 0 Å². The third-order valence-electron chi connectivity index (χ3n) is 8.07. The maximum absolute atomic E-state index is 14.3. The number of unbranched alkanes of at least 4 members (excludes halogenated alkanes) is 3. The number of allylic oxidation sites excluding steroid dienone is 1. The number of hydrogen-bond acceptors (Lipinski definition) is 6. The van der Waals surface area contributed by atoms with Crippen molar-refractivity contribution in [3.8, 4) is 0 Å². The summed E-state index contributed by atoms with van der Waals surface area (Å²) in [4.78, 5) is 45.0. The van der Waals surface area contributed by atoms with Gasteiger partial charge in [-0.15, -0.1) is 13.2 Å². The van der Waals surface area contributed by atoms with Crippen molar-refractivity contribution < 1.29 is 29.0 Å². The summed E-state index contributed by atoms with van der Waals surface area (Å²) in [5.41, 5.74) is -1.16. The van der Waals surface area contributed by atoms with E-state index in [1.54, 1.807) is 22.0 Å². The van der Waals surface area contributed by atoms with Crippen molar-refractivity contribution in [1.82, 2.24) is 9.80 Å². The minimum absolute atomic E-state index is 0.189. The maximum Gasteiger partial charge on any atom is 0.312 e. The SMILES string of the molecule is C=CCCCOC(=O)[C@H]1[C@@H]2OC3(CC2Br)C(C(=O)N(CC=C)CCCCC)N([C@@H](CO)CC(C)C)C(=O)[C@H]13. The smallest absolute Gasteiger partial charge is 0.312 e. The van der Waals surface area contributed by atoms with Gasteiger partial charge in [0.05, 0.1) is 37.2 Å². The van der Waals surface area contributed by atoms with Crippen LogP contribution in [-0.2, 0) is 23.9 Å². The van der Waals surface area contributed by atoms with Gasteiger partial charge < -0.3 is 24.4 Å². The molecule has 1 spiro atoms. The van der Waals surface area contributed by atoms with Gasteiger partial charge in [0, 0.05) is 17.9 Å². The van der Waals surface area contributed by atoms with Crippen molar-refractivity contribution >= 4 is 33.7 Å². The highest BCUT2D eigenvalue weighted by molar-refractivity contribution is 9.09. The lowest BCUT2D eigenvalue weighted by atomic mass is 9.70. The molecule has 2 amide bonds. The summed E-state index contributed by atoms with van der Waals surface area (Å²) in [6.07, 6.45) is 8.08. The highest BCUT2D eigenvalue weighted by Crippen LogP contribution is 2.60. The van der Waals surface area contributed by atoms with Crippen LogP contribution in [-0.4, -0.2) is 87.6 Å². The van der Waals surface area contributed by atoms with Crippen molar-refractivity contribution in [1.29, 1.82) is 0 Å². The van der Waals surface area contributed by atoms with E-state index < -0.39 is 41.6 Å². The van der Waals surface area contributed by atoms with Gasteiger partial charge in [0.2, 0.25) is 11.8 Å². The number of likely N-dealkylation sites (tertiary alicyclic amines) is 1. The zero-order valence-electron chi connectivity index (χ0n) is 23.1. The van der Waals surface area contributed by atoms with Gasteiger partial charge in [-0.25, -0.2) is 0 Å². The molecule has 7 atom stereocenters. The van der Waals surface area contributed by atoms with E-state index in [1.165, 1.54) is 0 Å². The van der Waals surface area contributed by atoms with E-state index in [4.69, 9.17) is 9.47 Å². The minimum atomic E-state index is -1.16. The lowest BCUT2D eigenvalue weighted by Crippen LogP contribution is -2.59. The van der Waals surface area contributed by atoms with E-state index in [-0.39, 0.29) is 35.8 Å². The molecule has 0 aromatic heterocycles. The Kier molecular flexibility index (Phi) is 11.0. The summed E-state index contributed by atoms with van der Waals surface area (Å²) in [6.45, 7) is 14.6. The maximum atomic E-state index is 14.3. The molecule has 3 heterocycles. The average Bonchev–Trinajstić information content (AvgIpc) is 3.47. The second-order valence-electron chi connectivity index (χ2n) is 11.3. The Morgan fingerprint density at radius 3 is 2.63 bits per heavy atom. The molecule has 0 aromatic rings. The number of rotatable bonds is 16. The molecule has 214 valence electrons. The Morgan fingerprint density at radius 1 is 1.29 bits per heavy atom. The third kappa shape index (κ3) is 5.89. The highest BCUT2D eigenvalue weighted by Gasteiger charge is 2.77. The second kappa shape index (κ2) is 13.6. The quantitative estimate of drug-likeness (QED) is 0.126. The van der Waals surface area contributed by atoms with Crippen molar-refractivity contribution in [2.24, 2.45) is 17.8 Å². The summed E-state index contributed by atoms with van der Waals surface area (Å²) in [5.74, 6) is -2.42. The lowest BCUT2D eigenvalue weighted by molar-refractivity contribution is -0.156. The van der Waals surface area contributed by atoms with Gasteiger partial charge >= 0.3 is 5.97 Å². The van der Waals surface area contributed by atoms with E-state index in [1.807, 2.05) is 13.8 Å². The second-order valence-corrected chi connectivity index (χ2v) is 12.4. The average molecular weight is 598 g/mol. The Morgan fingerprint density at radius 2 is 2.03 bits per heavy atom. The van der Waals surface area contributed by atoms with Crippen LogP contribution in [0, 0.1) is 17.8 Å². The molecule has 8 nitrogen and oxygen atoms in total. The zero-order valence-corrected chi connectivity index (χ0v) is 24.7. The largest absolute Gasteiger partial charge is 0.465 e. The van der Waals surface area contributed by atoms with Crippen LogP contribution in [0.1, 0.15) is 65.7 Å². The number of aliphatic hydroxyl groups excluding tert-OH is 1. The van der Waals surface area contributed by atoms with Crippen molar-refractivity contribution in [2.45, 2.75) is 94.3 Å². The number of aliphatic hydroxyl groups is 1. The fourth-order valence-corrected chi connectivity index (χ4v) is 7.44. The van der Waals surface area contributed by atoms with Gasteiger partial charge in [-0.05, 0) is 38.0 Å². The molecule has 9 heteroatoms. The normalized spacial score (nSPS) is 30.4. The van der Waals surface area contributed by atoms with Crippen LogP contribution < -0.4 is 0 Å². The van der Waals surface area contributed by atoms with Crippen LogP contribution in [0.3, 0.4) is 0 Å². The summed E-state index contributed by atoms with van der Waals surface area (Å²) >= 11 is 3.69. The zero-order chi connectivity index (χ0) is 28.0. The number of alkyl halides is 1. The van der Waals surface area contributed by atoms with Gasteiger partial charge in [-0.2, -0.15) is 0 Å². The predicted molar refractivity (Wildman–Crippen MR) is 150 cm³/mol. The number of carbonyl (C=O) groups excluding carboxylic acids is 3. The molecular formula is C29H45BrN2O6. The predicted octanol–water partition coefficient (Wildman–Crippen LogP) is 3.86. The van der Waals surface area contributed by atoms with Gasteiger partial charge in [0.1, 0.15) is 11.6 Å². The Balaban J connectivity index is 2.02. The summed E-state index contributed by atoms with van der Waals surface area (Å²) in [5, 5.41) is 10.4. The summed E-state index contributed by atoms with van der Waals surface area (Å²) < 4.78 is 12.2. The first-order valence-electron chi connectivity index (χ1n) is 14.1. The van der Waals surface area contributed by atoms with Gasteiger partial charge in [0.15, 0.2) is 0 Å². The topological polar surface area (TPSA) is 96.4 Å². The number of amides is 2. The van der Waals surface area contributed by atoms with Crippen LogP contribution >= 0.6 is 15.9 Å². The molecule has 2 bridgehead atoms. The van der Waals surface area contributed by atoms with Gasteiger partial charge in [-0.3, -0.25) is 14.4 Å². The molecule has 3 aliphatic heterocycles. The fraction of sp³-hybridized carbons (Fsp3) is 0.759. The lowest BCUT2D eigenvalue weighted by Gasteiger charge is -2.39. The van der Waals surface area contributed by atoms with Crippen LogP contribution in [0.2, 0.25) is 0 Å². The first-order valence-corrected chi connectivity index (χ1v) is 15.0. The third-order valence-corrected chi connectivity index (χ3v) is 8.92. The molecule has 3 rings (SSSR count). The first kappa shape index (κ1) is 30.8. The molecule has 0 saturated carbocycles. The van der Waals surface area contributed by atoms with E-state index in [9.17, 15) is 19.5 Å². The van der Waals surface area contributed by atoms with Crippen molar-refractivity contribution in [3.05, 3.63) is 25.3 Å².